The molecule has 1 fully saturated rings. The third kappa shape index (κ3) is 4.21. The molecule has 2 nitrogen and oxygen atoms in total. The van der Waals surface area contributed by atoms with Gasteiger partial charge >= 0.3 is 0 Å². The first-order valence-corrected chi connectivity index (χ1v) is 11.0. The van der Waals surface area contributed by atoms with Gasteiger partial charge in [0.05, 0.1) is 0 Å². The van der Waals surface area contributed by atoms with E-state index in [0.29, 0.717) is 0 Å². The molecule has 0 spiro atoms. The van der Waals surface area contributed by atoms with Crippen LogP contribution >= 0.6 is 0 Å². The highest BCUT2D eigenvalue weighted by Gasteiger charge is 2.28. The van der Waals surface area contributed by atoms with Crippen LogP contribution in [0.25, 0.3) is 0 Å². The van der Waals surface area contributed by atoms with Gasteiger partial charge in [0.2, 0.25) is 0 Å². The van der Waals surface area contributed by atoms with E-state index >= 15 is 0 Å². The zero-order valence-electron chi connectivity index (χ0n) is 12.8. The summed E-state index contributed by atoms with van der Waals surface area (Å²) in [5.74, 6) is 3.39. The van der Waals surface area contributed by atoms with Gasteiger partial charge in [0, 0.05) is 0 Å². The quantitative estimate of drug-likeness (QED) is 0.682. The van der Waals surface area contributed by atoms with E-state index in [0.717, 1.165) is 18.7 Å². The van der Waals surface area contributed by atoms with Crippen molar-refractivity contribution in [1.29, 1.82) is 0 Å². The van der Waals surface area contributed by atoms with Crippen LogP contribution in [0.5, 0.6) is 0 Å². The van der Waals surface area contributed by atoms with E-state index in [1.165, 1.54) is 12.8 Å². The first kappa shape index (κ1) is 15.3. The molecule has 2 rings (SSSR count). The van der Waals surface area contributed by atoms with Crippen molar-refractivity contribution < 1.29 is 5.11 Å². The second kappa shape index (κ2) is 6.58. The minimum absolute atomic E-state index is 0.0633. The molecule has 1 aliphatic rings. The molecule has 0 bridgehead atoms. The topological polar surface area (TPSA) is 23.5 Å². The van der Waals surface area contributed by atoms with Gasteiger partial charge in [-0.15, -0.1) is 5.54 Å². The Morgan fingerprint density at radius 1 is 1.10 bits per heavy atom. The lowest BCUT2D eigenvalue weighted by Gasteiger charge is -2.28. The summed E-state index contributed by atoms with van der Waals surface area (Å²) in [4.78, 5) is 2.34. The van der Waals surface area contributed by atoms with Crippen LogP contribution in [0, 0.1) is 11.5 Å². The van der Waals surface area contributed by atoms with Crippen LogP contribution in [-0.4, -0.2) is 37.2 Å². The van der Waals surface area contributed by atoms with Crippen molar-refractivity contribution in [3.63, 3.8) is 0 Å². The van der Waals surface area contributed by atoms with E-state index in [2.05, 4.69) is 36.0 Å². The molecule has 1 heterocycles. The number of likely N-dealkylation sites (tertiary alicyclic amines) is 1. The van der Waals surface area contributed by atoms with Crippen molar-refractivity contribution in [2.45, 2.75) is 44.6 Å². The summed E-state index contributed by atoms with van der Waals surface area (Å²) >= 11 is 0. The normalized spacial score (nSPS) is 19.2. The second-order valence-electron chi connectivity index (χ2n) is 6.56. The number of nitrogens with zero attached hydrogens (tertiary/aromatic N) is 1. The van der Waals surface area contributed by atoms with Crippen LogP contribution in [0.3, 0.4) is 0 Å². The fourth-order valence-corrected chi connectivity index (χ4v) is 3.09. The number of aliphatic hydroxyl groups excluding tert-OH is 1. The molecule has 2 atom stereocenters. The molecular formula is C17H25NOSi. The highest BCUT2D eigenvalue weighted by atomic mass is 28.3. The molecule has 0 aromatic heterocycles. The molecule has 0 amide bonds. The van der Waals surface area contributed by atoms with Gasteiger partial charge < -0.3 is 5.11 Å². The molecule has 1 saturated heterocycles. The van der Waals surface area contributed by atoms with Gasteiger partial charge in [-0.25, -0.2) is 0 Å². The highest BCUT2D eigenvalue weighted by molar-refractivity contribution is 6.83. The third-order valence-corrected chi connectivity index (χ3v) is 4.46. The fraction of sp³-hybridized carbons (Fsp3) is 0.529. The Kier molecular flexibility index (Phi) is 5.04. The molecule has 3 heteroatoms. The Balaban J connectivity index is 2.23. The van der Waals surface area contributed by atoms with Crippen molar-refractivity contribution in [3.8, 4) is 11.5 Å². The maximum absolute atomic E-state index is 10.7. The van der Waals surface area contributed by atoms with Gasteiger partial charge in [-0.3, -0.25) is 4.90 Å². The van der Waals surface area contributed by atoms with Crippen molar-refractivity contribution >= 4 is 8.07 Å². The molecule has 1 N–H and O–H groups in total. The predicted molar refractivity (Wildman–Crippen MR) is 87.1 cm³/mol. The maximum Gasteiger partial charge on any atom is 0.129 e. The first-order valence-electron chi connectivity index (χ1n) is 7.47. The Labute approximate surface area is 123 Å². The van der Waals surface area contributed by atoms with Crippen molar-refractivity contribution in [2.75, 3.05) is 13.1 Å². The monoisotopic (exact) mass is 287 g/mol. The van der Waals surface area contributed by atoms with Gasteiger partial charge in [-0.2, -0.15) is 0 Å². The van der Waals surface area contributed by atoms with E-state index in [9.17, 15) is 5.11 Å². The van der Waals surface area contributed by atoms with E-state index in [4.69, 9.17) is 0 Å². The van der Waals surface area contributed by atoms with E-state index in [1.807, 2.05) is 30.3 Å². The minimum atomic E-state index is -1.42. The van der Waals surface area contributed by atoms with Crippen LogP contribution in [0.4, 0.5) is 0 Å². The Hall–Kier alpha value is -1.08. The molecular weight excluding hydrogens is 262 g/mol. The third-order valence-electron chi connectivity index (χ3n) is 3.57. The summed E-state index contributed by atoms with van der Waals surface area (Å²) in [5.41, 5.74) is 4.40. The number of benzene rings is 1. The molecule has 1 aromatic carbocycles. The molecule has 0 radical (unpaired) electrons. The SMILES string of the molecule is C[Si](C)(C)C#CC(C(O)c1ccccc1)N1CCCC1. The molecule has 20 heavy (non-hydrogen) atoms. The van der Waals surface area contributed by atoms with Crippen molar-refractivity contribution in [2.24, 2.45) is 0 Å². The average Bonchev–Trinajstić information content (AvgIpc) is 2.92. The van der Waals surface area contributed by atoms with Gasteiger partial charge in [-0.1, -0.05) is 55.9 Å². The maximum atomic E-state index is 10.7. The van der Waals surface area contributed by atoms with E-state index < -0.39 is 14.2 Å². The molecule has 108 valence electrons. The van der Waals surface area contributed by atoms with Crippen LogP contribution in [0.15, 0.2) is 30.3 Å². The van der Waals surface area contributed by atoms with Crippen molar-refractivity contribution in [1.82, 2.24) is 4.90 Å². The lowest BCUT2D eigenvalue weighted by atomic mass is 10.0. The summed E-state index contributed by atoms with van der Waals surface area (Å²) in [6.45, 7) is 8.84. The fourth-order valence-electron chi connectivity index (χ4n) is 2.51. The van der Waals surface area contributed by atoms with Gasteiger partial charge in [0.25, 0.3) is 0 Å². The number of aliphatic hydroxyl groups is 1. The standard InChI is InChI=1S/C17H25NOSi/c1-20(2,3)14-11-16(18-12-7-8-13-18)17(19)15-9-5-4-6-10-15/h4-6,9-10,16-17,19H,7-8,12-13H2,1-3H3. The van der Waals surface area contributed by atoms with Gasteiger partial charge in [0.1, 0.15) is 20.2 Å². The zero-order chi connectivity index (χ0) is 14.6. The van der Waals surface area contributed by atoms with E-state index in [1.54, 1.807) is 0 Å². The average molecular weight is 287 g/mol. The van der Waals surface area contributed by atoms with E-state index in [-0.39, 0.29) is 6.04 Å². The van der Waals surface area contributed by atoms with Crippen LogP contribution in [-0.2, 0) is 0 Å². The lowest BCUT2D eigenvalue weighted by Crippen LogP contribution is -2.37. The lowest BCUT2D eigenvalue weighted by molar-refractivity contribution is 0.0917. The molecule has 1 aromatic rings. The first-order chi connectivity index (χ1) is 9.47. The number of rotatable bonds is 3. The summed E-state index contributed by atoms with van der Waals surface area (Å²) < 4.78 is 0. The van der Waals surface area contributed by atoms with Crippen LogP contribution in [0.2, 0.25) is 19.6 Å². The Bertz CT molecular complexity index is 477. The highest BCUT2D eigenvalue weighted by Crippen LogP contribution is 2.24. The number of hydrogen-bond donors (Lipinski definition) is 1. The molecule has 0 aliphatic carbocycles. The molecule has 2 unspecified atom stereocenters. The second-order valence-corrected chi connectivity index (χ2v) is 11.3. The summed E-state index contributed by atoms with van der Waals surface area (Å²) in [6.07, 6.45) is 1.91. The Morgan fingerprint density at radius 3 is 2.25 bits per heavy atom. The van der Waals surface area contributed by atoms with Crippen LogP contribution < -0.4 is 0 Å². The Morgan fingerprint density at radius 2 is 1.70 bits per heavy atom. The number of hydrogen-bond acceptors (Lipinski definition) is 2. The van der Waals surface area contributed by atoms with Crippen LogP contribution in [0.1, 0.15) is 24.5 Å². The summed E-state index contributed by atoms with van der Waals surface area (Å²) in [5, 5.41) is 10.7. The van der Waals surface area contributed by atoms with Gasteiger partial charge in [-0.05, 0) is 31.5 Å². The minimum Gasteiger partial charge on any atom is -0.386 e. The smallest absolute Gasteiger partial charge is 0.129 e. The molecule has 0 saturated carbocycles. The summed E-state index contributed by atoms with van der Waals surface area (Å²) in [6, 6.07) is 9.85. The van der Waals surface area contributed by atoms with Crippen molar-refractivity contribution in [3.05, 3.63) is 35.9 Å². The largest absolute Gasteiger partial charge is 0.386 e. The van der Waals surface area contributed by atoms with Gasteiger partial charge in [0.15, 0.2) is 0 Å². The zero-order valence-corrected chi connectivity index (χ0v) is 13.8. The molecule has 1 aliphatic heterocycles. The predicted octanol–water partition coefficient (Wildman–Crippen LogP) is 3.07. The summed E-state index contributed by atoms with van der Waals surface area (Å²) in [7, 11) is -1.42.